The van der Waals surface area contributed by atoms with Gasteiger partial charge >= 0.3 is 0 Å². The summed E-state index contributed by atoms with van der Waals surface area (Å²) in [5.74, 6) is 0.104. The monoisotopic (exact) mass is 304 g/mol. The average molecular weight is 304 g/mol. The largest absolute Gasteiger partial charge is 0.382 e. The smallest absolute Gasteiger partial charge is 0.187 e. The molecule has 1 aromatic heterocycles. The molecule has 1 saturated carbocycles. The summed E-state index contributed by atoms with van der Waals surface area (Å²) in [6, 6.07) is 0. The van der Waals surface area contributed by atoms with Crippen LogP contribution in [-0.4, -0.2) is 49.4 Å². The second kappa shape index (κ2) is 4.89. The van der Waals surface area contributed by atoms with Crippen molar-refractivity contribution < 1.29 is 13.2 Å². The Morgan fingerprint density at radius 1 is 1.37 bits per heavy atom. The molecule has 0 spiro atoms. The third-order valence-corrected chi connectivity index (χ3v) is 6.42. The summed E-state index contributed by atoms with van der Waals surface area (Å²) in [4.78, 5) is 0.173. The van der Waals surface area contributed by atoms with Crippen LogP contribution in [0.1, 0.15) is 12.8 Å². The van der Waals surface area contributed by atoms with Gasteiger partial charge in [-0.05, 0) is 24.4 Å². The molecule has 2 fully saturated rings. The van der Waals surface area contributed by atoms with Crippen molar-refractivity contribution in [3.05, 3.63) is 0 Å². The maximum absolute atomic E-state index is 12.3. The SMILES string of the molecule is Nc1nsc(NN2CCOCC2)c1S(=O)(=O)C1CC1. The predicted molar refractivity (Wildman–Crippen MR) is 72.7 cm³/mol. The molecule has 106 valence electrons. The molecule has 2 heterocycles. The highest BCUT2D eigenvalue weighted by Crippen LogP contribution is 2.41. The first-order valence-electron chi connectivity index (χ1n) is 6.17. The van der Waals surface area contributed by atoms with Crippen LogP contribution in [0, 0.1) is 0 Å². The Bertz CT molecular complexity index is 561. The van der Waals surface area contributed by atoms with Gasteiger partial charge in [-0.3, -0.25) is 0 Å². The Morgan fingerprint density at radius 3 is 2.68 bits per heavy atom. The number of hydrogen-bond acceptors (Lipinski definition) is 8. The van der Waals surface area contributed by atoms with Gasteiger partial charge in [0.1, 0.15) is 9.90 Å². The number of nitrogens with one attached hydrogen (secondary N) is 1. The van der Waals surface area contributed by atoms with Crippen molar-refractivity contribution in [2.75, 3.05) is 37.5 Å². The molecule has 3 N–H and O–H groups in total. The van der Waals surface area contributed by atoms with E-state index in [2.05, 4.69) is 9.80 Å². The van der Waals surface area contributed by atoms with Crippen LogP contribution in [0.5, 0.6) is 0 Å². The van der Waals surface area contributed by atoms with E-state index in [0.29, 0.717) is 44.1 Å². The number of nitrogen functional groups attached to an aromatic ring is 1. The third-order valence-electron chi connectivity index (χ3n) is 3.19. The van der Waals surface area contributed by atoms with Crippen molar-refractivity contribution >= 4 is 32.2 Å². The second-order valence-electron chi connectivity index (χ2n) is 4.68. The minimum absolute atomic E-state index is 0.104. The Morgan fingerprint density at radius 2 is 2.05 bits per heavy atom. The van der Waals surface area contributed by atoms with E-state index >= 15 is 0 Å². The summed E-state index contributed by atoms with van der Waals surface area (Å²) in [7, 11) is -3.33. The van der Waals surface area contributed by atoms with E-state index in [4.69, 9.17) is 10.5 Å². The molecule has 9 heteroatoms. The topological polar surface area (TPSA) is 97.5 Å². The standard InChI is InChI=1S/C10H16N4O3S2/c11-9-8(19(15,16)7-1-2-7)10(18-13-9)12-14-3-5-17-6-4-14/h7,12H,1-6H2,(H2,11,13). The van der Waals surface area contributed by atoms with Crippen molar-refractivity contribution in [3.63, 3.8) is 0 Å². The molecular formula is C10H16N4O3S2. The lowest BCUT2D eigenvalue weighted by atomic mass is 10.5. The van der Waals surface area contributed by atoms with Gasteiger partial charge in [-0.2, -0.15) is 4.37 Å². The van der Waals surface area contributed by atoms with Crippen LogP contribution in [0.15, 0.2) is 4.90 Å². The van der Waals surface area contributed by atoms with Gasteiger partial charge in [-0.15, -0.1) is 0 Å². The zero-order valence-electron chi connectivity index (χ0n) is 10.3. The van der Waals surface area contributed by atoms with Crippen LogP contribution in [0.2, 0.25) is 0 Å². The Balaban J connectivity index is 1.85. The molecule has 0 bridgehead atoms. The fourth-order valence-electron chi connectivity index (χ4n) is 2.00. The number of nitrogens with zero attached hydrogens (tertiary/aromatic N) is 2. The summed E-state index contributed by atoms with van der Waals surface area (Å²) in [6.45, 7) is 2.68. The molecular weight excluding hydrogens is 288 g/mol. The van der Waals surface area contributed by atoms with Crippen LogP contribution in [-0.2, 0) is 14.6 Å². The quantitative estimate of drug-likeness (QED) is 0.826. The van der Waals surface area contributed by atoms with Crippen molar-refractivity contribution in [3.8, 4) is 0 Å². The van der Waals surface area contributed by atoms with E-state index in [1.165, 1.54) is 0 Å². The number of hydrogen-bond donors (Lipinski definition) is 2. The number of hydrazine groups is 1. The van der Waals surface area contributed by atoms with Crippen LogP contribution in [0.4, 0.5) is 10.8 Å². The Labute approximate surface area is 115 Å². The number of anilines is 2. The van der Waals surface area contributed by atoms with E-state index in [1.54, 1.807) is 0 Å². The lowest BCUT2D eigenvalue weighted by Crippen LogP contribution is -2.40. The summed E-state index contributed by atoms with van der Waals surface area (Å²) in [5.41, 5.74) is 8.84. The second-order valence-corrected chi connectivity index (χ2v) is 7.62. The molecule has 0 atom stereocenters. The maximum atomic E-state index is 12.3. The normalized spacial score (nSPS) is 21.5. The zero-order chi connectivity index (χ0) is 13.5. The van der Waals surface area contributed by atoms with E-state index in [-0.39, 0.29) is 16.0 Å². The molecule has 0 amide bonds. The number of aromatic nitrogens is 1. The fourth-order valence-corrected chi connectivity index (χ4v) is 4.89. The lowest BCUT2D eigenvalue weighted by Gasteiger charge is -2.27. The molecule has 1 aromatic rings. The van der Waals surface area contributed by atoms with Gasteiger partial charge in [0.05, 0.1) is 18.5 Å². The van der Waals surface area contributed by atoms with Gasteiger partial charge in [0, 0.05) is 13.1 Å². The van der Waals surface area contributed by atoms with Crippen molar-refractivity contribution in [1.82, 2.24) is 9.38 Å². The highest BCUT2D eigenvalue weighted by molar-refractivity contribution is 7.92. The van der Waals surface area contributed by atoms with Crippen LogP contribution in [0.25, 0.3) is 0 Å². The van der Waals surface area contributed by atoms with E-state index in [1.807, 2.05) is 5.01 Å². The predicted octanol–water partition coefficient (Wildman–Crippen LogP) is 0.320. The molecule has 0 radical (unpaired) electrons. The Kier molecular flexibility index (Phi) is 3.37. The van der Waals surface area contributed by atoms with Crippen molar-refractivity contribution in [2.45, 2.75) is 23.0 Å². The van der Waals surface area contributed by atoms with Crippen LogP contribution in [0.3, 0.4) is 0 Å². The molecule has 7 nitrogen and oxygen atoms in total. The lowest BCUT2D eigenvalue weighted by molar-refractivity contribution is 0.0497. The summed E-state index contributed by atoms with van der Waals surface area (Å²) in [6.07, 6.45) is 1.43. The first-order valence-corrected chi connectivity index (χ1v) is 8.49. The van der Waals surface area contributed by atoms with Gasteiger partial charge < -0.3 is 15.9 Å². The molecule has 2 aliphatic rings. The fraction of sp³-hybridized carbons (Fsp3) is 0.700. The van der Waals surface area contributed by atoms with Gasteiger partial charge in [-0.25, -0.2) is 13.4 Å². The summed E-state index contributed by atoms with van der Waals surface area (Å²) in [5, 5.41) is 2.17. The van der Waals surface area contributed by atoms with Gasteiger partial charge in [0.2, 0.25) is 0 Å². The van der Waals surface area contributed by atoms with E-state index < -0.39 is 9.84 Å². The minimum atomic E-state index is -3.33. The molecule has 0 unspecified atom stereocenters. The number of sulfone groups is 1. The molecule has 1 aliphatic carbocycles. The van der Waals surface area contributed by atoms with Crippen LogP contribution >= 0.6 is 11.5 Å². The highest BCUT2D eigenvalue weighted by atomic mass is 32.2. The van der Waals surface area contributed by atoms with E-state index in [0.717, 1.165) is 11.5 Å². The molecule has 19 heavy (non-hydrogen) atoms. The Hall–Kier alpha value is -0.900. The van der Waals surface area contributed by atoms with Gasteiger partial charge in [-0.1, -0.05) is 0 Å². The number of ether oxygens (including phenoxy) is 1. The summed E-state index contributed by atoms with van der Waals surface area (Å²) >= 11 is 1.09. The number of nitrogens with two attached hydrogens (primary N) is 1. The first-order chi connectivity index (χ1) is 9.09. The highest BCUT2D eigenvalue weighted by Gasteiger charge is 2.41. The van der Waals surface area contributed by atoms with Gasteiger partial charge in [0.15, 0.2) is 15.7 Å². The van der Waals surface area contributed by atoms with Crippen LogP contribution < -0.4 is 11.2 Å². The number of morpholine rings is 1. The number of rotatable bonds is 4. The molecule has 1 aliphatic heterocycles. The first kappa shape index (κ1) is 13.1. The van der Waals surface area contributed by atoms with E-state index in [9.17, 15) is 8.42 Å². The maximum Gasteiger partial charge on any atom is 0.187 e. The summed E-state index contributed by atoms with van der Waals surface area (Å²) < 4.78 is 33.9. The zero-order valence-corrected chi connectivity index (χ0v) is 12.0. The molecule has 3 rings (SSSR count). The van der Waals surface area contributed by atoms with Gasteiger partial charge in [0.25, 0.3) is 0 Å². The molecule has 0 aromatic carbocycles. The third kappa shape index (κ3) is 2.55. The minimum Gasteiger partial charge on any atom is -0.382 e. The molecule has 1 saturated heterocycles. The van der Waals surface area contributed by atoms with Crippen molar-refractivity contribution in [2.24, 2.45) is 0 Å². The van der Waals surface area contributed by atoms with Crippen molar-refractivity contribution in [1.29, 1.82) is 0 Å². The average Bonchev–Trinajstić information content (AvgIpc) is 3.17.